The molecule has 1 heterocycles. The van der Waals surface area contributed by atoms with Crippen molar-refractivity contribution in [1.82, 2.24) is 20.4 Å². The number of nitrogens with one attached hydrogen (secondary N) is 2. The molecule has 0 bridgehead atoms. The third kappa shape index (κ3) is 9.76. The van der Waals surface area contributed by atoms with Crippen molar-refractivity contribution < 1.29 is 4.74 Å². The van der Waals surface area contributed by atoms with Crippen molar-refractivity contribution in [2.24, 2.45) is 4.99 Å². The molecule has 0 aliphatic heterocycles. The lowest BCUT2D eigenvalue weighted by Gasteiger charge is -2.19. The van der Waals surface area contributed by atoms with Gasteiger partial charge in [0.2, 0.25) is 0 Å². The van der Waals surface area contributed by atoms with Crippen LogP contribution in [0, 0.1) is 0 Å². The minimum absolute atomic E-state index is 0. The molecule has 1 aromatic heterocycles. The third-order valence-corrected chi connectivity index (χ3v) is 3.76. The Labute approximate surface area is 179 Å². The van der Waals surface area contributed by atoms with Gasteiger partial charge in [0.15, 0.2) is 5.96 Å². The fraction of sp³-hybridized carbons (Fsp3) is 0.500. The number of nitrogens with zero attached hydrogens (tertiary/aromatic N) is 3. The van der Waals surface area contributed by atoms with Gasteiger partial charge >= 0.3 is 0 Å². The fourth-order valence-electron chi connectivity index (χ4n) is 2.42. The van der Waals surface area contributed by atoms with Gasteiger partial charge in [-0.25, -0.2) is 0 Å². The normalized spacial score (nSPS) is 11.8. The Morgan fingerprint density at radius 1 is 1.19 bits per heavy atom. The summed E-state index contributed by atoms with van der Waals surface area (Å²) in [4.78, 5) is 4.28. The molecule has 0 spiro atoms. The minimum Gasteiger partial charge on any atom is -0.371 e. The Hall–Kier alpha value is -1.61. The lowest BCUT2D eigenvalue weighted by Crippen LogP contribution is -2.37. The molecule has 2 rings (SSSR count). The molecule has 2 N–H and O–H groups in total. The standard InChI is InChI=1S/C20H31N5O.HI/c1-20(2,3)26-16-18-9-5-8-17(14-18)15-23-19(21-4)22-10-6-12-25-13-7-11-24-25;/h5,7-9,11,13-14H,6,10,12,15-16H2,1-4H3,(H2,21,22,23);1H. The van der Waals surface area contributed by atoms with Gasteiger partial charge in [0.1, 0.15) is 0 Å². The van der Waals surface area contributed by atoms with Gasteiger partial charge in [-0.2, -0.15) is 5.10 Å². The second-order valence-corrected chi connectivity index (χ2v) is 7.20. The van der Waals surface area contributed by atoms with Crippen molar-refractivity contribution in [3.8, 4) is 0 Å². The predicted molar refractivity (Wildman–Crippen MR) is 121 cm³/mol. The zero-order valence-corrected chi connectivity index (χ0v) is 19.1. The van der Waals surface area contributed by atoms with E-state index in [-0.39, 0.29) is 29.6 Å². The lowest BCUT2D eigenvalue weighted by atomic mass is 10.1. The summed E-state index contributed by atoms with van der Waals surface area (Å²) in [6.45, 7) is 9.30. The summed E-state index contributed by atoms with van der Waals surface area (Å²) < 4.78 is 7.78. The summed E-state index contributed by atoms with van der Waals surface area (Å²) in [7, 11) is 1.79. The second kappa shape index (κ2) is 12.0. The Bertz CT molecular complexity index is 680. The largest absolute Gasteiger partial charge is 0.371 e. The van der Waals surface area contributed by atoms with Gasteiger partial charge in [-0.05, 0) is 44.4 Å². The number of rotatable bonds is 8. The summed E-state index contributed by atoms with van der Waals surface area (Å²) in [5, 5.41) is 10.9. The lowest BCUT2D eigenvalue weighted by molar-refractivity contribution is -0.0149. The number of benzene rings is 1. The zero-order chi connectivity index (χ0) is 18.8. The molecule has 150 valence electrons. The monoisotopic (exact) mass is 485 g/mol. The van der Waals surface area contributed by atoms with E-state index >= 15 is 0 Å². The van der Waals surface area contributed by atoms with E-state index in [1.807, 2.05) is 16.9 Å². The van der Waals surface area contributed by atoms with Crippen molar-refractivity contribution in [3.05, 3.63) is 53.9 Å². The molecule has 0 atom stereocenters. The van der Waals surface area contributed by atoms with Gasteiger partial charge in [-0.15, -0.1) is 24.0 Å². The van der Waals surface area contributed by atoms with Crippen molar-refractivity contribution in [3.63, 3.8) is 0 Å². The summed E-state index contributed by atoms with van der Waals surface area (Å²) in [6, 6.07) is 10.4. The fourth-order valence-corrected chi connectivity index (χ4v) is 2.42. The molecule has 0 aliphatic rings. The molecule has 0 amide bonds. The maximum absolute atomic E-state index is 5.85. The van der Waals surface area contributed by atoms with Crippen LogP contribution in [0.3, 0.4) is 0 Å². The quantitative estimate of drug-likeness (QED) is 0.260. The van der Waals surface area contributed by atoms with Crippen molar-refractivity contribution in [2.75, 3.05) is 13.6 Å². The molecule has 1 aromatic carbocycles. The Morgan fingerprint density at radius 3 is 2.63 bits per heavy atom. The average molecular weight is 485 g/mol. The summed E-state index contributed by atoms with van der Waals surface area (Å²) in [5.74, 6) is 0.807. The molecule has 7 heteroatoms. The maximum Gasteiger partial charge on any atom is 0.191 e. The molecule has 0 unspecified atom stereocenters. The molecule has 0 saturated heterocycles. The zero-order valence-electron chi connectivity index (χ0n) is 16.7. The van der Waals surface area contributed by atoms with Gasteiger partial charge in [-0.1, -0.05) is 24.3 Å². The van der Waals surface area contributed by atoms with E-state index in [1.165, 1.54) is 11.1 Å². The molecule has 0 aliphatic carbocycles. The highest BCUT2D eigenvalue weighted by Gasteiger charge is 2.10. The first-order valence-corrected chi connectivity index (χ1v) is 9.10. The molecular formula is C20H32IN5O. The summed E-state index contributed by atoms with van der Waals surface area (Å²) in [5.41, 5.74) is 2.26. The Morgan fingerprint density at radius 2 is 1.96 bits per heavy atom. The number of ether oxygens (including phenoxy) is 1. The number of aryl methyl sites for hydroxylation is 1. The van der Waals surface area contributed by atoms with E-state index < -0.39 is 0 Å². The van der Waals surface area contributed by atoms with Gasteiger partial charge in [0, 0.05) is 39.1 Å². The third-order valence-electron chi connectivity index (χ3n) is 3.76. The van der Waals surface area contributed by atoms with Crippen LogP contribution in [-0.4, -0.2) is 34.9 Å². The van der Waals surface area contributed by atoms with Crippen LogP contribution in [0.1, 0.15) is 38.3 Å². The van der Waals surface area contributed by atoms with E-state index in [2.05, 4.69) is 65.8 Å². The summed E-state index contributed by atoms with van der Waals surface area (Å²) >= 11 is 0. The van der Waals surface area contributed by atoms with E-state index in [0.717, 1.165) is 32.0 Å². The van der Waals surface area contributed by atoms with E-state index in [1.54, 1.807) is 13.2 Å². The average Bonchev–Trinajstić information content (AvgIpc) is 3.12. The van der Waals surface area contributed by atoms with Crippen LogP contribution in [0.4, 0.5) is 0 Å². The number of hydrogen-bond donors (Lipinski definition) is 2. The highest BCUT2D eigenvalue weighted by Crippen LogP contribution is 2.13. The van der Waals surface area contributed by atoms with E-state index in [9.17, 15) is 0 Å². The van der Waals surface area contributed by atoms with Gasteiger partial charge in [-0.3, -0.25) is 9.67 Å². The van der Waals surface area contributed by atoms with Crippen molar-refractivity contribution >= 4 is 29.9 Å². The van der Waals surface area contributed by atoms with E-state index in [0.29, 0.717) is 6.61 Å². The van der Waals surface area contributed by atoms with Crippen molar-refractivity contribution in [1.29, 1.82) is 0 Å². The van der Waals surface area contributed by atoms with Gasteiger partial charge < -0.3 is 15.4 Å². The highest BCUT2D eigenvalue weighted by molar-refractivity contribution is 14.0. The Balaban J connectivity index is 0.00000364. The van der Waals surface area contributed by atoms with E-state index in [4.69, 9.17) is 4.74 Å². The molecule has 0 radical (unpaired) electrons. The van der Waals surface area contributed by atoms with Gasteiger partial charge in [0.25, 0.3) is 0 Å². The molecular weight excluding hydrogens is 453 g/mol. The number of aliphatic imine (C=N–C) groups is 1. The molecule has 2 aromatic rings. The summed E-state index contributed by atoms with van der Waals surface area (Å²) in [6.07, 6.45) is 4.76. The smallest absolute Gasteiger partial charge is 0.191 e. The molecule has 27 heavy (non-hydrogen) atoms. The first kappa shape index (κ1) is 23.4. The SMILES string of the molecule is CN=C(NCCCn1cccn1)NCc1cccc(COC(C)(C)C)c1.I. The Kier molecular flexibility index (Phi) is 10.4. The number of aromatic nitrogens is 2. The first-order chi connectivity index (χ1) is 12.5. The maximum atomic E-state index is 5.85. The van der Waals surface area contributed by atoms with Crippen molar-refractivity contribution in [2.45, 2.75) is 52.5 Å². The number of hydrogen-bond acceptors (Lipinski definition) is 3. The van der Waals surface area contributed by atoms with Crippen LogP contribution in [0.25, 0.3) is 0 Å². The van der Waals surface area contributed by atoms with Crippen LogP contribution in [0.2, 0.25) is 0 Å². The van der Waals surface area contributed by atoms with Crippen LogP contribution >= 0.6 is 24.0 Å². The number of halogens is 1. The highest BCUT2D eigenvalue weighted by atomic mass is 127. The molecule has 0 saturated carbocycles. The van der Waals surface area contributed by atoms with Crippen LogP contribution in [-0.2, 0) is 24.4 Å². The van der Waals surface area contributed by atoms with Crippen LogP contribution in [0.5, 0.6) is 0 Å². The predicted octanol–water partition coefficient (Wildman–Crippen LogP) is 3.57. The first-order valence-electron chi connectivity index (χ1n) is 9.10. The van der Waals surface area contributed by atoms with Gasteiger partial charge in [0.05, 0.1) is 12.2 Å². The topological polar surface area (TPSA) is 63.5 Å². The number of guanidine groups is 1. The van der Waals surface area contributed by atoms with Crippen LogP contribution < -0.4 is 10.6 Å². The second-order valence-electron chi connectivity index (χ2n) is 7.20. The minimum atomic E-state index is -0.129. The van der Waals surface area contributed by atoms with Crippen LogP contribution in [0.15, 0.2) is 47.7 Å². The molecule has 6 nitrogen and oxygen atoms in total. The molecule has 0 fully saturated rings.